The third-order valence-corrected chi connectivity index (χ3v) is 2.03. The quantitative estimate of drug-likeness (QED) is 0.443. The van der Waals surface area contributed by atoms with E-state index in [2.05, 4.69) is 0 Å². The van der Waals surface area contributed by atoms with Gasteiger partial charge in [0.15, 0.2) is 0 Å². The van der Waals surface area contributed by atoms with E-state index >= 15 is 0 Å². The predicted molar refractivity (Wildman–Crippen MR) is 38.8 cm³/mol. The Bertz CT molecular complexity index is 142. The normalized spacial score (nSPS) is 18.9. The third-order valence-electron chi connectivity index (χ3n) is 2.03. The largest absolute Gasteiger partial charge is 0.389 e. The molecule has 0 aliphatic rings. The molecule has 66 valence electrons. The van der Waals surface area contributed by atoms with Gasteiger partial charge in [0.25, 0.3) is 5.54 Å². The second-order valence-electron chi connectivity index (χ2n) is 2.55. The molecular weight excluding hydrogens is 150 g/mol. The molecule has 0 saturated heterocycles. The Kier molecular flexibility index (Phi) is 3.41. The topological polar surface area (TPSA) is 83.6 Å². The molecule has 0 radical (unpaired) electrons. The zero-order valence-electron chi connectivity index (χ0n) is 6.65. The molecule has 2 atom stereocenters. The van der Waals surface area contributed by atoms with Gasteiger partial charge in [-0.1, -0.05) is 6.92 Å². The first-order valence-corrected chi connectivity index (χ1v) is 3.44. The van der Waals surface area contributed by atoms with Crippen LogP contribution in [0.25, 0.3) is 0 Å². The monoisotopic (exact) mass is 163 g/mol. The molecule has 0 aromatic carbocycles. The molecule has 0 aliphatic carbocycles. The summed E-state index contributed by atoms with van der Waals surface area (Å²) in [6.07, 6.45) is -1.01. The van der Waals surface area contributed by atoms with Crippen LogP contribution in [0, 0.1) is 10.1 Å². The van der Waals surface area contributed by atoms with E-state index in [0.717, 1.165) is 0 Å². The Hall–Kier alpha value is -0.680. The second kappa shape index (κ2) is 3.64. The van der Waals surface area contributed by atoms with Gasteiger partial charge < -0.3 is 10.2 Å². The van der Waals surface area contributed by atoms with Crippen molar-refractivity contribution in [3.05, 3.63) is 10.1 Å². The summed E-state index contributed by atoms with van der Waals surface area (Å²) in [6.45, 7) is 2.24. The molecule has 0 aliphatic heterocycles. The van der Waals surface area contributed by atoms with Crippen LogP contribution in [0.3, 0.4) is 0 Å². The van der Waals surface area contributed by atoms with Gasteiger partial charge >= 0.3 is 0 Å². The molecule has 0 saturated carbocycles. The van der Waals surface area contributed by atoms with Gasteiger partial charge in [0, 0.05) is 11.3 Å². The van der Waals surface area contributed by atoms with Crippen LogP contribution in [-0.2, 0) is 0 Å². The highest BCUT2D eigenvalue weighted by atomic mass is 16.6. The molecule has 0 rings (SSSR count). The van der Waals surface area contributed by atoms with Crippen molar-refractivity contribution in [2.45, 2.75) is 31.9 Å². The number of nitro groups is 1. The molecule has 2 unspecified atom stereocenters. The predicted octanol–water partition coefficient (Wildman–Crippen LogP) is -0.215. The van der Waals surface area contributed by atoms with Crippen LogP contribution in [0.5, 0.6) is 0 Å². The summed E-state index contributed by atoms with van der Waals surface area (Å²) >= 11 is 0. The first kappa shape index (κ1) is 10.3. The van der Waals surface area contributed by atoms with Gasteiger partial charge in [0.05, 0.1) is 0 Å². The van der Waals surface area contributed by atoms with Crippen molar-refractivity contribution in [3.8, 4) is 0 Å². The molecule has 0 fully saturated rings. The fourth-order valence-electron chi connectivity index (χ4n) is 0.879. The van der Waals surface area contributed by atoms with Crippen molar-refractivity contribution in [2.24, 2.45) is 0 Å². The van der Waals surface area contributed by atoms with Crippen molar-refractivity contribution < 1.29 is 15.1 Å². The van der Waals surface area contributed by atoms with E-state index in [1.807, 2.05) is 0 Å². The summed E-state index contributed by atoms with van der Waals surface area (Å²) in [7, 11) is 0. The van der Waals surface area contributed by atoms with Crippen molar-refractivity contribution >= 4 is 0 Å². The Balaban J connectivity index is 4.61. The lowest BCUT2D eigenvalue weighted by molar-refractivity contribution is -0.586. The average molecular weight is 163 g/mol. The Morgan fingerprint density at radius 3 is 2.18 bits per heavy atom. The molecule has 5 nitrogen and oxygen atoms in total. The van der Waals surface area contributed by atoms with Crippen LogP contribution in [0.1, 0.15) is 20.3 Å². The minimum absolute atomic E-state index is 0.119. The number of aliphatic hydroxyl groups is 2. The molecule has 0 amide bonds. The van der Waals surface area contributed by atoms with Gasteiger partial charge in [0.2, 0.25) is 0 Å². The van der Waals surface area contributed by atoms with E-state index in [1.165, 1.54) is 6.92 Å². The SMILES string of the molecule is CCC(CO)(C(C)O)[N+](=O)[O-]. The highest BCUT2D eigenvalue weighted by molar-refractivity contribution is 4.82. The van der Waals surface area contributed by atoms with Crippen molar-refractivity contribution in [1.29, 1.82) is 0 Å². The maximum Gasteiger partial charge on any atom is 0.269 e. The zero-order valence-corrected chi connectivity index (χ0v) is 6.65. The molecule has 2 N–H and O–H groups in total. The van der Waals surface area contributed by atoms with E-state index in [4.69, 9.17) is 10.2 Å². The van der Waals surface area contributed by atoms with Gasteiger partial charge in [-0.3, -0.25) is 10.1 Å². The Labute approximate surface area is 64.8 Å². The van der Waals surface area contributed by atoms with E-state index in [1.54, 1.807) is 6.92 Å². The van der Waals surface area contributed by atoms with Crippen LogP contribution in [0.2, 0.25) is 0 Å². The molecule has 11 heavy (non-hydrogen) atoms. The molecule has 5 heteroatoms. The fraction of sp³-hybridized carbons (Fsp3) is 1.00. The van der Waals surface area contributed by atoms with Crippen molar-refractivity contribution in [3.63, 3.8) is 0 Å². The fourth-order valence-corrected chi connectivity index (χ4v) is 0.879. The summed E-state index contributed by atoms with van der Waals surface area (Å²) in [5.74, 6) is 0. The first-order valence-electron chi connectivity index (χ1n) is 3.44. The standard InChI is InChI=1S/C6H13NO4/c1-3-6(4-8,5(2)9)7(10)11/h5,8-9H,3-4H2,1-2H3. The van der Waals surface area contributed by atoms with Gasteiger partial charge in [-0.15, -0.1) is 0 Å². The molecular formula is C6H13NO4. The van der Waals surface area contributed by atoms with E-state index in [0.29, 0.717) is 0 Å². The average Bonchev–Trinajstić information content (AvgIpc) is 1.90. The van der Waals surface area contributed by atoms with Gasteiger partial charge in [-0.2, -0.15) is 0 Å². The summed E-state index contributed by atoms with van der Waals surface area (Å²) in [5, 5.41) is 28.2. The second-order valence-corrected chi connectivity index (χ2v) is 2.55. The Morgan fingerprint density at radius 2 is 2.18 bits per heavy atom. The van der Waals surface area contributed by atoms with Crippen LogP contribution < -0.4 is 0 Å². The van der Waals surface area contributed by atoms with Crippen LogP contribution in [0.15, 0.2) is 0 Å². The number of hydrogen-bond acceptors (Lipinski definition) is 4. The highest BCUT2D eigenvalue weighted by Gasteiger charge is 2.45. The smallest absolute Gasteiger partial charge is 0.269 e. The minimum Gasteiger partial charge on any atom is -0.389 e. The van der Waals surface area contributed by atoms with Crippen molar-refractivity contribution in [2.75, 3.05) is 6.61 Å². The van der Waals surface area contributed by atoms with Crippen LogP contribution in [0.4, 0.5) is 0 Å². The van der Waals surface area contributed by atoms with Gasteiger partial charge in [0.1, 0.15) is 12.7 Å². The molecule has 0 spiro atoms. The Morgan fingerprint density at radius 1 is 1.73 bits per heavy atom. The minimum atomic E-state index is -1.58. The van der Waals surface area contributed by atoms with E-state index in [9.17, 15) is 10.1 Å². The van der Waals surface area contributed by atoms with Crippen LogP contribution in [-0.4, -0.2) is 33.4 Å². The maximum absolute atomic E-state index is 10.4. The third kappa shape index (κ3) is 1.66. The summed E-state index contributed by atoms with van der Waals surface area (Å²) < 4.78 is 0. The van der Waals surface area contributed by atoms with Crippen LogP contribution >= 0.6 is 0 Å². The molecule has 0 aromatic rings. The van der Waals surface area contributed by atoms with E-state index < -0.39 is 23.2 Å². The first-order chi connectivity index (χ1) is 5.01. The zero-order chi connectivity index (χ0) is 9.07. The van der Waals surface area contributed by atoms with Gasteiger partial charge in [-0.05, 0) is 6.92 Å². The molecule has 0 aromatic heterocycles. The lowest BCUT2D eigenvalue weighted by Crippen LogP contribution is -2.50. The number of aliphatic hydroxyl groups excluding tert-OH is 2. The lowest BCUT2D eigenvalue weighted by Gasteiger charge is -2.23. The number of rotatable bonds is 4. The number of nitrogens with zero attached hydrogens (tertiary/aromatic N) is 1. The lowest BCUT2D eigenvalue weighted by atomic mass is 9.92. The molecule has 0 bridgehead atoms. The van der Waals surface area contributed by atoms with Crippen molar-refractivity contribution in [1.82, 2.24) is 0 Å². The summed E-state index contributed by atoms with van der Waals surface area (Å²) in [5.41, 5.74) is -1.58. The maximum atomic E-state index is 10.4. The summed E-state index contributed by atoms with van der Waals surface area (Å²) in [6, 6.07) is 0. The summed E-state index contributed by atoms with van der Waals surface area (Å²) in [4.78, 5) is 9.78. The molecule has 0 heterocycles. The number of hydrogen-bond donors (Lipinski definition) is 2. The van der Waals surface area contributed by atoms with E-state index in [-0.39, 0.29) is 6.42 Å². The van der Waals surface area contributed by atoms with Gasteiger partial charge in [-0.25, -0.2) is 0 Å². The highest BCUT2D eigenvalue weighted by Crippen LogP contribution is 2.18.